The van der Waals surface area contributed by atoms with Crippen molar-refractivity contribution in [2.45, 2.75) is 31.7 Å². The summed E-state index contributed by atoms with van der Waals surface area (Å²) >= 11 is 0. The molecule has 29 heavy (non-hydrogen) atoms. The Kier molecular flexibility index (Phi) is 4.27. The molecule has 0 atom stereocenters. The molecule has 0 spiro atoms. The third-order valence-electron chi connectivity index (χ3n) is 5.44. The van der Waals surface area contributed by atoms with E-state index in [-0.39, 0.29) is 22.9 Å². The van der Waals surface area contributed by atoms with Gasteiger partial charge in [0.15, 0.2) is 17.0 Å². The zero-order valence-electron chi connectivity index (χ0n) is 15.7. The molecule has 0 radical (unpaired) electrons. The zero-order valence-corrected chi connectivity index (χ0v) is 15.7. The molecule has 1 aliphatic rings. The lowest BCUT2D eigenvalue weighted by atomic mass is 10.2. The van der Waals surface area contributed by atoms with E-state index in [0.717, 1.165) is 31.2 Å². The van der Waals surface area contributed by atoms with Crippen LogP contribution in [-0.2, 0) is 0 Å². The van der Waals surface area contributed by atoms with Crippen molar-refractivity contribution in [1.29, 1.82) is 0 Å². The first-order valence-electron chi connectivity index (χ1n) is 9.77. The SMILES string of the molecule is O=c1c2nc(-c3ccccc3)nnc2n(C2CCCC2)c(=O)n1-c1ccccc1. The molecule has 5 rings (SSSR count). The number of benzene rings is 2. The van der Waals surface area contributed by atoms with Crippen LogP contribution < -0.4 is 11.2 Å². The van der Waals surface area contributed by atoms with Gasteiger partial charge in [0.2, 0.25) is 0 Å². The van der Waals surface area contributed by atoms with Crippen LogP contribution in [0, 0.1) is 0 Å². The van der Waals surface area contributed by atoms with Crippen molar-refractivity contribution < 1.29 is 0 Å². The Bertz CT molecular complexity index is 1290. The highest BCUT2D eigenvalue weighted by molar-refractivity contribution is 5.71. The summed E-state index contributed by atoms with van der Waals surface area (Å²) in [6, 6.07) is 18.4. The fourth-order valence-electron chi connectivity index (χ4n) is 4.02. The van der Waals surface area contributed by atoms with Crippen molar-refractivity contribution in [3.05, 3.63) is 81.5 Å². The molecule has 1 saturated carbocycles. The molecule has 144 valence electrons. The Morgan fingerprint density at radius 1 is 0.828 bits per heavy atom. The minimum atomic E-state index is -0.475. The van der Waals surface area contributed by atoms with Gasteiger partial charge < -0.3 is 0 Å². The lowest BCUT2D eigenvalue weighted by molar-refractivity contribution is 0.494. The fourth-order valence-corrected chi connectivity index (χ4v) is 4.02. The molecule has 2 aromatic heterocycles. The third kappa shape index (κ3) is 2.95. The Morgan fingerprint density at radius 3 is 2.17 bits per heavy atom. The van der Waals surface area contributed by atoms with Crippen LogP contribution in [0.15, 0.2) is 70.3 Å². The Hall–Kier alpha value is -3.61. The maximum Gasteiger partial charge on any atom is 0.337 e. The van der Waals surface area contributed by atoms with Crippen LogP contribution in [-0.4, -0.2) is 24.3 Å². The summed E-state index contributed by atoms with van der Waals surface area (Å²) < 4.78 is 2.82. The number of para-hydroxylation sites is 1. The molecule has 0 aliphatic heterocycles. The van der Waals surface area contributed by atoms with E-state index in [4.69, 9.17) is 0 Å². The molecule has 0 saturated heterocycles. The second-order valence-electron chi connectivity index (χ2n) is 7.24. The Morgan fingerprint density at radius 2 is 1.48 bits per heavy atom. The molecule has 2 heterocycles. The lowest BCUT2D eigenvalue weighted by Crippen LogP contribution is -2.41. The van der Waals surface area contributed by atoms with Crippen molar-refractivity contribution in [2.75, 3.05) is 0 Å². The van der Waals surface area contributed by atoms with E-state index < -0.39 is 5.56 Å². The van der Waals surface area contributed by atoms with Crippen LogP contribution in [0.4, 0.5) is 0 Å². The summed E-state index contributed by atoms with van der Waals surface area (Å²) in [7, 11) is 0. The van der Waals surface area contributed by atoms with Gasteiger partial charge in [-0.25, -0.2) is 14.3 Å². The molecule has 0 bridgehead atoms. The molecule has 4 aromatic rings. The predicted octanol–water partition coefficient (Wildman–Crippen LogP) is 3.12. The van der Waals surface area contributed by atoms with E-state index in [9.17, 15) is 9.59 Å². The van der Waals surface area contributed by atoms with Gasteiger partial charge in [0.05, 0.1) is 5.69 Å². The van der Waals surface area contributed by atoms with Crippen molar-refractivity contribution in [2.24, 2.45) is 0 Å². The molecule has 2 aromatic carbocycles. The zero-order chi connectivity index (χ0) is 19.8. The summed E-state index contributed by atoms with van der Waals surface area (Å²) in [6.07, 6.45) is 3.85. The van der Waals surface area contributed by atoms with E-state index in [1.54, 1.807) is 28.8 Å². The van der Waals surface area contributed by atoms with Crippen molar-refractivity contribution in [3.63, 3.8) is 0 Å². The van der Waals surface area contributed by atoms with Gasteiger partial charge in [-0.05, 0) is 25.0 Å². The van der Waals surface area contributed by atoms with Gasteiger partial charge in [0.1, 0.15) is 0 Å². The molecule has 1 aliphatic carbocycles. The number of hydrogen-bond donors (Lipinski definition) is 0. The van der Waals surface area contributed by atoms with E-state index in [0.29, 0.717) is 11.5 Å². The average molecular weight is 385 g/mol. The second kappa shape index (κ2) is 7.09. The van der Waals surface area contributed by atoms with Crippen LogP contribution >= 0.6 is 0 Å². The number of aromatic nitrogens is 5. The normalized spacial score (nSPS) is 14.5. The van der Waals surface area contributed by atoms with Crippen LogP contribution in [0.3, 0.4) is 0 Å². The number of rotatable bonds is 3. The topological polar surface area (TPSA) is 82.7 Å². The smallest absolute Gasteiger partial charge is 0.271 e. The Balaban J connectivity index is 1.85. The largest absolute Gasteiger partial charge is 0.337 e. The third-order valence-corrected chi connectivity index (χ3v) is 5.44. The first kappa shape index (κ1) is 17.5. The van der Waals surface area contributed by atoms with Gasteiger partial charge in [-0.1, -0.05) is 61.4 Å². The maximum atomic E-state index is 13.4. The Labute approximate surface area is 166 Å². The number of nitrogens with zero attached hydrogens (tertiary/aromatic N) is 5. The van der Waals surface area contributed by atoms with Crippen molar-refractivity contribution in [3.8, 4) is 17.1 Å². The standard InChI is InChI=1S/C22H19N5O2/c28-21-18-20(25-24-19(23-18)15-9-3-1-4-10-15)26(16-13-7-8-14-16)22(29)27(21)17-11-5-2-6-12-17/h1-6,9-12,16H,7-8,13-14H2. The molecular formula is C22H19N5O2. The summed E-state index contributed by atoms with van der Waals surface area (Å²) in [4.78, 5) is 31.2. The fraction of sp³-hybridized carbons (Fsp3) is 0.227. The van der Waals surface area contributed by atoms with E-state index in [1.165, 1.54) is 4.57 Å². The lowest BCUT2D eigenvalue weighted by Gasteiger charge is -2.17. The van der Waals surface area contributed by atoms with E-state index >= 15 is 0 Å². The first-order chi connectivity index (χ1) is 14.2. The first-order valence-corrected chi connectivity index (χ1v) is 9.77. The molecule has 7 nitrogen and oxygen atoms in total. The monoisotopic (exact) mass is 385 g/mol. The molecule has 0 N–H and O–H groups in total. The highest BCUT2D eigenvalue weighted by Gasteiger charge is 2.25. The highest BCUT2D eigenvalue weighted by Crippen LogP contribution is 2.29. The van der Waals surface area contributed by atoms with E-state index in [2.05, 4.69) is 15.2 Å². The number of fused-ring (bicyclic) bond motifs is 1. The maximum absolute atomic E-state index is 13.4. The molecule has 0 amide bonds. The second-order valence-corrected chi connectivity index (χ2v) is 7.24. The predicted molar refractivity (Wildman–Crippen MR) is 110 cm³/mol. The molecule has 1 fully saturated rings. The van der Waals surface area contributed by atoms with Gasteiger partial charge in [0, 0.05) is 11.6 Å². The van der Waals surface area contributed by atoms with Gasteiger partial charge >= 0.3 is 5.69 Å². The van der Waals surface area contributed by atoms with Crippen LogP contribution in [0.2, 0.25) is 0 Å². The van der Waals surface area contributed by atoms with Crippen molar-refractivity contribution in [1.82, 2.24) is 24.3 Å². The molecular weight excluding hydrogens is 366 g/mol. The van der Waals surface area contributed by atoms with Gasteiger partial charge in [0.25, 0.3) is 5.56 Å². The van der Waals surface area contributed by atoms with Crippen LogP contribution in [0.1, 0.15) is 31.7 Å². The quantitative estimate of drug-likeness (QED) is 0.541. The summed E-state index contributed by atoms with van der Waals surface area (Å²) in [5, 5.41) is 8.52. The van der Waals surface area contributed by atoms with Crippen LogP contribution in [0.5, 0.6) is 0 Å². The molecule has 0 unspecified atom stereocenters. The summed E-state index contributed by atoms with van der Waals surface area (Å²) in [5.41, 5.74) is 0.858. The highest BCUT2D eigenvalue weighted by atomic mass is 16.2. The minimum Gasteiger partial charge on any atom is -0.271 e. The summed E-state index contributed by atoms with van der Waals surface area (Å²) in [6.45, 7) is 0. The summed E-state index contributed by atoms with van der Waals surface area (Å²) in [5.74, 6) is 0.367. The van der Waals surface area contributed by atoms with Gasteiger partial charge in [-0.15, -0.1) is 10.2 Å². The van der Waals surface area contributed by atoms with Gasteiger partial charge in [-0.3, -0.25) is 9.36 Å². The molecule has 7 heteroatoms. The van der Waals surface area contributed by atoms with Gasteiger partial charge in [-0.2, -0.15) is 0 Å². The van der Waals surface area contributed by atoms with E-state index in [1.807, 2.05) is 36.4 Å². The number of hydrogen-bond acceptors (Lipinski definition) is 5. The van der Waals surface area contributed by atoms with Crippen molar-refractivity contribution >= 4 is 11.2 Å². The van der Waals surface area contributed by atoms with Crippen LogP contribution in [0.25, 0.3) is 28.2 Å². The minimum absolute atomic E-state index is 0.000706. The average Bonchev–Trinajstić information content (AvgIpc) is 3.29.